The normalized spacial score (nSPS) is 15.4. The molecule has 7 nitrogen and oxygen atoms in total. The van der Waals surface area contributed by atoms with Crippen molar-refractivity contribution in [3.8, 4) is 5.75 Å². The molecule has 220 valence electrons. The third kappa shape index (κ3) is 7.44. The van der Waals surface area contributed by atoms with Crippen LogP contribution in [-0.4, -0.2) is 51.5 Å². The Morgan fingerprint density at radius 3 is 2.57 bits per heavy atom. The molecule has 0 N–H and O–H groups in total. The summed E-state index contributed by atoms with van der Waals surface area (Å²) in [6.45, 7) is 6.81. The second kappa shape index (κ2) is 12.8. The summed E-state index contributed by atoms with van der Waals surface area (Å²) in [6, 6.07) is 17.2. The molecule has 3 aromatic rings. The van der Waals surface area contributed by atoms with Gasteiger partial charge in [-0.2, -0.15) is 0 Å². The van der Waals surface area contributed by atoms with Gasteiger partial charge in [0, 0.05) is 42.7 Å². The first-order valence-corrected chi connectivity index (χ1v) is 14.9. The molecule has 2 amide bonds. The van der Waals surface area contributed by atoms with Gasteiger partial charge < -0.3 is 19.3 Å². The number of hydrogen-bond acceptors (Lipinski definition) is 5. The highest BCUT2D eigenvalue weighted by molar-refractivity contribution is 6.42. The molecule has 2 aromatic carbocycles. The van der Waals surface area contributed by atoms with E-state index in [-0.39, 0.29) is 18.5 Å². The standard InChI is InChI=1S/C33H35Cl2N3O4/c1-33(2,3)42-32(40)37-16-14-27(23-8-4-10-26(17-23)41-21-22-7-6-15-36-18-22)28(20-37)31(39)38(25-12-13-25)19-24-9-5-11-29(34)30(24)35/h4-11,15,17-18,25H,12-14,16,19-21H2,1-3H3. The molecule has 1 fully saturated rings. The Balaban J connectivity index is 1.47. The van der Waals surface area contributed by atoms with E-state index >= 15 is 0 Å². The number of amides is 2. The smallest absolute Gasteiger partial charge is 0.410 e. The van der Waals surface area contributed by atoms with Crippen molar-refractivity contribution in [3.05, 3.63) is 99.3 Å². The fourth-order valence-electron chi connectivity index (χ4n) is 4.96. The van der Waals surface area contributed by atoms with Crippen LogP contribution in [0, 0.1) is 0 Å². The molecule has 1 aromatic heterocycles. The number of pyridine rings is 1. The zero-order valence-electron chi connectivity index (χ0n) is 24.1. The van der Waals surface area contributed by atoms with Crippen molar-refractivity contribution < 1.29 is 19.1 Å². The van der Waals surface area contributed by atoms with Gasteiger partial charge in [0.15, 0.2) is 0 Å². The number of hydrogen-bond donors (Lipinski definition) is 0. The summed E-state index contributed by atoms with van der Waals surface area (Å²) >= 11 is 12.8. The van der Waals surface area contributed by atoms with Crippen LogP contribution in [0.3, 0.4) is 0 Å². The molecule has 1 aliphatic heterocycles. The number of halogens is 2. The zero-order valence-corrected chi connectivity index (χ0v) is 25.6. The second-order valence-corrected chi connectivity index (χ2v) is 12.4. The van der Waals surface area contributed by atoms with Crippen molar-refractivity contribution in [2.75, 3.05) is 13.1 Å². The Hall–Kier alpha value is -3.55. The van der Waals surface area contributed by atoms with Crippen molar-refractivity contribution in [1.82, 2.24) is 14.8 Å². The molecule has 0 spiro atoms. The van der Waals surface area contributed by atoms with Crippen molar-refractivity contribution in [1.29, 1.82) is 0 Å². The summed E-state index contributed by atoms with van der Waals surface area (Å²) < 4.78 is 11.7. The number of aromatic nitrogens is 1. The fourth-order valence-corrected chi connectivity index (χ4v) is 5.34. The maximum absolute atomic E-state index is 14.4. The number of benzene rings is 2. The average molecular weight is 609 g/mol. The maximum atomic E-state index is 14.4. The summed E-state index contributed by atoms with van der Waals surface area (Å²) in [6.07, 6.45) is 5.40. The van der Waals surface area contributed by atoms with Crippen LogP contribution >= 0.6 is 23.2 Å². The number of rotatable bonds is 8. The van der Waals surface area contributed by atoms with E-state index in [1.165, 1.54) is 0 Å². The molecule has 1 aliphatic carbocycles. The van der Waals surface area contributed by atoms with Crippen LogP contribution in [0.25, 0.3) is 5.57 Å². The minimum absolute atomic E-state index is 0.104. The minimum Gasteiger partial charge on any atom is -0.489 e. The van der Waals surface area contributed by atoms with Crippen LogP contribution in [-0.2, 0) is 22.7 Å². The van der Waals surface area contributed by atoms with E-state index in [0.29, 0.717) is 47.5 Å². The Morgan fingerprint density at radius 2 is 1.86 bits per heavy atom. The number of nitrogens with zero attached hydrogens (tertiary/aromatic N) is 3. The molecule has 0 unspecified atom stereocenters. The monoisotopic (exact) mass is 607 g/mol. The van der Waals surface area contributed by atoms with Crippen LogP contribution < -0.4 is 4.74 Å². The minimum atomic E-state index is -0.644. The maximum Gasteiger partial charge on any atom is 0.410 e. The van der Waals surface area contributed by atoms with Gasteiger partial charge in [0.25, 0.3) is 5.91 Å². The summed E-state index contributed by atoms with van der Waals surface area (Å²) in [5.41, 5.74) is 3.47. The first-order valence-electron chi connectivity index (χ1n) is 14.1. The Morgan fingerprint density at radius 1 is 1.07 bits per heavy atom. The lowest BCUT2D eigenvalue weighted by Gasteiger charge is -2.34. The highest BCUT2D eigenvalue weighted by Crippen LogP contribution is 2.37. The van der Waals surface area contributed by atoms with Gasteiger partial charge >= 0.3 is 6.09 Å². The van der Waals surface area contributed by atoms with Gasteiger partial charge in [0.1, 0.15) is 18.0 Å². The highest BCUT2D eigenvalue weighted by atomic mass is 35.5. The summed E-state index contributed by atoms with van der Waals surface area (Å²) in [5, 5.41) is 0.901. The van der Waals surface area contributed by atoms with Crippen molar-refractivity contribution >= 4 is 40.8 Å². The van der Waals surface area contributed by atoms with E-state index in [1.807, 2.05) is 74.2 Å². The second-order valence-electron chi connectivity index (χ2n) is 11.7. The third-order valence-electron chi connectivity index (χ3n) is 7.19. The lowest BCUT2D eigenvalue weighted by Crippen LogP contribution is -2.44. The molecule has 9 heteroatoms. The van der Waals surface area contributed by atoms with Gasteiger partial charge in [0.05, 0.1) is 16.6 Å². The number of carbonyl (C=O) groups is 2. The van der Waals surface area contributed by atoms with Crippen LogP contribution in [0.2, 0.25) is 10.0 Å². The predicted molar refractivity (Wildman–Crippen MR) is 164 cm³/mol. The van der Waals surface area contributed by atoms with E-state index in [9.17, 15) is 9.59 Å². The van der Waals surface area contributed by atoms with Crippen LogP contribution in [0.15, 0.2) is 72.6 Å². The van der Waals surface area contributed by atoms with Gasteiger partial charge in [-0.05, 0) is 81.0 Å². The van der Waals surface area contributed by atoms with E-state index in [1.54, 1.807) is 23.4 Å². The summed E-state index contributed by atoms with van der Waals surface area (Å²) in [5.74, 6) is 0.577. The van der Waals surface area contributed by atoms with E-state index in [2.05, 4.69) is 4.98 Å². The number of ether oxygens (including phenoxy) is 2. The molecule has 0 radical (unpaired) electrons. The van der Waals surface area contributed by atoms with E-state index in [0.717, 1.165) is 35.1 Å². The van der Waals surface area contributed by atoms with Gasteiger partial charge in [0.2, 0.25) is 0 Å². The molecule has 0 atom stereocenters. The largest absolute Gasteiger partial charge is 0.489 e. The van der Waals surface area contributed by atoms with Gasteiger partial charge in [-0.3, -0.25) is 9.78 Å². The summed E-state index contributed by atoms with van der Waals surface area (Å²) in [4.78, 5) is 35.1. The fraction of sp³-hybridized carbons (Fsp3) is 0.364. The highest BCUT2D eigenvalue weighted by Gasteiger charge is 2.38. The average Bonchev–Trinajstić information content (AvgIpc) is 3.81. The van der Waals surface area contributed by atoms with Crippen LogP contribution in [0.4, 0.5) is 4.79 Å². The predicted octanol–water partition coefficient (Wildman–Crippen LogP) is 7.55. The molecular weight excluding hydrogens is 573 g/mol. The molecule has 5 rings (SSSR count). The molecule has 2 aliphatic rings. The van der Waals surface area contributed by atoms with Gasteiger partial charge in [-0.1, -0.05) is 53.5 Å². The number of carbonyl (C=O) groups excluding carboxylic acids is 2. The lowest BCUT2D eigenvalue weighted by atomic mass is 9.92. The SMILES string of the molecule is CC(C)(C)OC(=O)N1CCC(c2cccc(OCc3cccnc3)c2)=C(C(=O)N(Cc2cccc(Cl)c2Cl)C2CC2)C1. The van der Waals surface area contributed by atoms with Gasteiger partial charge in [-0.25, -0.2) is 4.79 Å². The van der Waals surface area contributed by atoms with Crippen molar-refractivity contribution in [2.24, 2.45) is 0 Å². The topological polar surface area (TPSA) is 72.0 Å². The zero-order chi connectivity index (χ0) is 29.9. The first-order chi connectivity index (χ1) is 20.1. The molecule has 0 saturated heterocycles. The Labute approximate surface area is 257 Å². The molecular formula is C33H35Cl2N3O4. The first kappa shape index (κ1) is 29.9. The molecule has 42 heavy (non-hydrogen) atoms. The van der Waals surface area contributed by atoms with E-state index in [4.69, 9.17) is 32.7 Å². The van der Waals surface area contributed by atoms with Gasteiger partial charge in [-0.15, -0.1) is 0 Å². The molecule has 2 heterocycles. The van der Waals surface area contributed by atoms with E-state index < -0.39 is 11.7 Å². The lowest BCUT2D eigenvalue weighted by molar-refractivity contribution is -0.128. The summed E-state index contributed by atoms with van der Waals surface area (Å²) in [7, 11) is 0. The Kier molecular flexibility index (Phi) is 9.09. The van der Waals surface area contributed by atoms with Crippen LogP contribution in [0.5, 0.6) is 5.75 Å². The Bertz CT molecular complexity index is 1480. The van der Waals surface area contributed by atoms with Crippen molar-refractivity contribution in [3.63, 3.8) is 0 Å². The quantitative estimate of drug-likeness (QED) is 0.264. The van der Waals surface area contributed by atoms with Crippen molar-refractivity contribution in [2.45, 2.75) is 64.8 Å². The molecule has 0 bridgehead atoms. The molecule has 1 saturated carbocycles. The third-order valence-corrected chi connectivity index (χ3v) is 8.04. The van der Waals surface area contributed by atoms with Crippen LogP contribution in [0.1, 0.15) is 56.7 Å².